The summed E-state index contributed by atoms with van der Waals surface area (Å²) < 4.78 is 8.06. The zero-order valence-corrected chi connectivity index (χ0v) is 16.2. The lowest BCUT2D eigenvalue weighted by Crippen LogP contribution is -2.11. The first kappa shape index (κ1) is 18.7. The fourth-order valence-electron chi connectivity index (χ4n) is 3.48. The molecule has 1 aromatic heterocycles. The number of aromatic nitrogens is 2. The van der Waals surface area contributed by atoms with Gasteiger partial charge in [0.05, 0.1) is 17.5 Å². The summed E-state index contributed by atoms with van der Waals surface area (Å²) in [5.41, 5.74) is 4.47. The number of para-hydroxylation sites is 1. The molecule has 1 aliphatic heterocycles. The second kappa shape index (κ2) is 9.00. The minimum Gasteiger partial charge on any atom is -0.374 e. The third-order valence-corrected chi connectivity index (χ3v) is 4.90. The maximum atomic E-state index is 6.09. The van der Waals surface area contributed by atoms with Crippen LogP contribution in [-0.2, 0) is 4.74 Å². The molecule has 3 heteroatoms. The van der Waals surface area contributed by atoms with Crippen molar-refractivity contribution in [1.29, 1.82) is 0 Å². The fraction of sp³-hybridized carbons (Fsp3) is 0.435. The van der Waals surface area contributed by atoms with Crippen molar-refractivity contribution in [3.05, 3.63) is 66.0 Å². The quantitative estimate of drug-likeness (QED) is 0.643. The highest BCUT2D eigenvalue weighted by molar-refractivity contribution is 5.74. The normalized spacial score (nSPS) is 21.9. The monoisotopic (exact) mass is 350 g/mol. The van der Waals surface area contributed by atoms with E-state index in [9.17, 15) is 0 Å². The summed E-state index contributed by atoms with van der Waals surface area (Å²) in [4.78, 5) is 0. The Morgan fingerprint density at radius 1 is 1.31 bits per heavy atom. The van der Waals surface area contributed by atoms with Gasteiger partial charge >= 0.3 is 0 Å². The fourth-order valence-corrected chi connectivity index (χ4v) is 3.48. The topological polar surface area (TPSA) is 27.1 Å². The van der Waals surface area contributed by atoms with E-state index in [1.54, 1.807) is 0 Å². The Kier molecular flexibility index (Phi) is 6.45. The van der Waals surface area contributed by atoms with Crippen LogP contribution in [0.25, 0.3) is 11.3 Å². The maximum Gasteiger partial charge on any atom is 0.0954 e. The van der Waals surface area contributed by atoms with E-state index in [1.165, 1.54) is 12.0 Å². The summed E-state index contributed by atoms with van der Waals surface area (Å²) in [5, 5.41) is 4.88. The SMILES string of the molecule is CC/C=C\C(=C/C1CC(C)CCCO1)c1nn(-c2ccccc2)cc1C. The van der Waals surface area contributed by atoms with Gasteiger partial charge in [0.15, 0.2) is 0 Å². The Labute approximate surface area is 157 Å². The predicted molar refractivity (Wildman–Crippen MR) is 108 cm³/mol. The first-order chi connectivity index (χ1) is 12.7. The molecule has 138 valence electrons. The zero-order valence-electron chi connectivity index (χ0n) is 16.2. The lowest BCUT2D eigenvalue weighted by Gasteiger charge is -2.14. The molecule has 2 atom stereocenters. The van der Waals surface area contributed by atoms with E-state index in [1.807, 2.05) is 22.9 Å². The summed E-state index contributed by atoms with van der Waals surface area (Å²) in [6.07, 6.45) is 13.5. The zero-order chi connectivity index (χ0) is 18.4. The molecule has 3 nitrogen and oxygen atoms in total. The lowest BCUT2D eigenvalue weighted by atomic mass is 9.97. The molecule has 1 aliphatic rings. The van der Waals surface area contributed by atoms with Crippen LogP contribution in [0.15, 0.2) is 54.8 Å². The Morgan fingerprint density at radius 3 is 2.88 bits per heavy atom. The molecule has 0 saturated carbocycles. The first-order valence-electron chi connectivity index (χ1n) is 9.79. The van der Waals surface area contributed by atoms with Crippen molar-refractivity contribution >= 4 is 5.57 Å². The van der Waals surface area contributed by atoms with E-state index in [2.05, 4.69) is 57.3 Å². The third kappa shape index (κ3) is 4.73. The molecule has 0 bridgehead atoms. The molecule has 2 heterocycles. The lowest BCUT2D eigenvalue weighted by molar-refractivity contribution is 0.0887. The molecule has 0 spiro atoms. The van der Waals surface area contributed by atoms with Gasteiger partial charge in [-0.15, -0.1) is 0 Å². The van der Waals surface area contributed by atoms with Crippen LogP contribution in [0, 0.1) is 12.8 Å². The number of ether oxygens (including phenoxy) is 1. The molecule has 1 aromatic carbocycles. The molecule has 26 heavy (non-hydrogen) atoms. The Balaban J connectivity index is 1.94. The van der Waals surface area contributed by atoms with E-state index < -0.39 is 0 Å². The summed E-state index contributed by atoms with van der Waals surface area (Å²) >= 11 is 0. The second-order valence-corrected chi connectivity index (χ2v) is 7.27. The van der Waals surface area contributed by atoms with Crippen molar-refractivity contribution in [3.63, 3.8) is 0 Å². The van der Waals surface area contributed by atoms with E-state index >= 15 is 0 Å². The summed E-state index contributed by atoms with van der Waals surface area (Å²) in [7, 11) is 0. The highest BCUT2D eigenvalue weighted by Crippen LogP contribution is 2.26. The number of nitrogens with zero attached hydrogens (tertiary/aromatic N) is 2. The molecular formula is C23H30N2O. The van der Waals surface area contributed by atoms with Crippen LogP contribution in [0.1, 0.15) is 50.8 Å². The number of benzene rings is 1. The highest BCUT2D eigenvalue weighted by atomic mass is 16.5. The Hall–Kier alpha value is -2.13. The van der Waals surface area contributed by atoms with E-state index in [0.717, 1.165) is 42.8 Å². The molecule has 0 radical (unpaired) electrons. The maximum absolute atomic E-state index is 6.09. The van der Waals surface area contributed by atoms with Gasteiger partial charge in [-0.2, -0.15) is 5.10 Å². The molecule has 3 rings (SSSR count). The molecule has 2 unspecified atom stereocenters. The molecule has 0 aliphatic carbocycles. The van der Waals surface area contributed by atoms with Crippen LogP contribution in [-0.4, -0.2) is 22.5 Å². The summed E-state index contributed by atoms with van der Waals surface area (Å²) in [5.74, 6) is 0.707. The predicted octanol–water partition coefficient (Wildman–Crippen LogP) is 5.74. The second-order valence-electron chi connectivity index (χ2n) is 7.27. The molecule has 1 saturated heterocycles. The molecular weight excluding hydrogens is 320 g/mol. The number of hydrogen-bond donors (Lipinski definition) is 0. The highest BCUT2D eigenvalue weighted by Gasteiger charge is 2.18. The average Bonchev–Trinajstić information content (AvgIpc) is 2.92. The van der Waals surface area contributed by atoms with Gasteiger partial charge < -0.3 is 4.74 Å². The number of aryl methyl sites for hydroxylation is 1. The smallest absolute Gasteiger partial charge is 0.0954 e. The first-order valence-corrected chi connectivity index (χ1v) is 9.79. The average molecular weight is 351 g/mol. The van der Waals surface area contributed by atoms with Crippen LogP contribution in [0.4, 0.5) is 0 Å². The van der Waals surface area contributed by atoms with Gasteiger partial charge in [-0.1, -0.05) is 44.2 Å². The number of allylic oxidation sites excluding steroid dienone is 3. The number of hydrogen-bond acceptors (Lipinski definition) is 2. The molecule has 0 amide bonds. The van der Waals surface area contributed by atoms with Crippen molar-refractivity contribution in [2.24, 2.45) is 5.92 Å². The number of rotatable bonds is 5. The van der Waals surface area contributed by atoms with E-state index in [0.29, 0.717) is 5.92 Å². The van der Waals surface area contributed by atoms with Crippen LogP contribution < -0.4 is 0 Å². The van der Waals surface area contributed by atoms with Gasteiger partial charge in [0.25, 0.3) is 0 Å². The minimum atomic E-state index is 0.172. The minimum absolute atomic E-state index is 0.172. The van der Waals surface area contributed by atoms with Gasteiger partial charge in [-0.3, -0.25) is 0 Å². The van der Waals surface area contributed by atoms with Crippen LogP contribution >= 0.6 is 0 Å². The van der Waals surface area contributed by atoms with Crippen LogP contribution in [0.3, 0.4) is 0 Å². The largest absolute Gasteiger partial charge is 0.374 e. The van der Waals surface area contributed by atoms with Gasteiger partial charge in [0.1, 0.15) is 0 Å². The molecule has 1 fully saturated rings. The summed E-state index contributed by atoms with van der Waals surface area (Å²) in [6.45, 7) is 7.47. The Morgan fingerprint density at radius 2 is 2.12 bits per heavy atom. The van der Waals surface area contributed by atoms with Gasteiger partial charge in [0, 0.05) is 18.4 Å². The van der Waals surface area contributed by atoms with Crippen molar-refractivity contribution in [1.82, 2.24) is 9.78 Å². The van der Waals surface area contributed by atoms with Crippen molar-refractivity contribution in [2.75, 3.05) is 6.61 Å². The van der Waals surface area contributed by atoms with Gasteiger partial charge in [-0.25, -0.2) is 4.68 Å². The van der Waals surface area contributed by atoms with Crippen molar-refractivity contribution < 1.29 is 4.74 Å². The Bertz CT molecular complexity index is 758. The van der Waals surface area contributed by atoms with Gasteiger partial charge in [-0.05, 0) is 62.3 Å². The van der Waals surface area contributed by atoms with Gasteiger partial charge in [0.2, 0.25) is 0 Å². The van der Waals surface area contributed by atoms with Crippen molar-refractivity contribution in [2.45, 2.75) is 52.6 Å². The molecule has 0 N–H and O–H groups in total. The van der Waals surface area contributed by atoms with Crippen molar-refractivity contribution in [3.8, 4) is 5.69 Å². The van der Waals surface area contributed by atoms with Crippen LogP contribution in [0.2, 0.25) is 0 Å². The van der Waals surface area contributed by atoms with E-state index in [4.69, 9.17) is 9.84 Å². The van der Waals surface area contributed by atoms with E-state index in [-0.39, 0.29) is 6.10 Å². The van der Waals surface area contributed by atoms with Crippen LogP contribution in [0.5, 0.6) is 0 Å². The standard InChI is InChI=1S/C23H30N2O/c1-4-5-11-20(16-22-15-18(2)10-9-14-26-22)23-19(3)17-25(24-23)21-12-7-6-8-13-21/h5-8,11-13,16-18,22H,4,9-10,14-15H2,1-3H3/b11-5-,20-16+. The summed E-state index contributed by atoms with van der Waals surface area (Å²) in [6, 6.07) is 10.3. The third-order valence-electron chi connectivity index (χ3n) is 4.90. The molecule has 2 aromatic rings.